The highest BCUT2D eigenvalue weighted by atomic mass is 15.0. The Morgan fingerprint density at radius 3 is 2.07 bits per heavy atom. The van der Waals surface area contributed by atoms with E-state index in [1.165, 1.54) is 44.7 Å². The minimum atomic E-state index is -0.0814. The monoisotopic (exact) mass is 593 g/mol. The van der Waals surface area contributed by atoms with Crippen LogP contribution in [0.2, 0.25) is 0 Å². The molecule has 0 aliphatic heterocycles. The Hall–Kier alpha value is -5.94. The molecule has 5 aromatic carbocycles. The summed E-state index contributed by atoms with van der Waals surface area (Å²) in [6.45, 7) is 4.58. The van der Waals surface area contributed by atoms with Crippen LogP contribution in [0.5, 0.6) is 0 Å². The number of nitrogens with one attached hydrogen (secondary N) is 1. The molecule has 0 saturated heterocycles. The summed E-state index contributed by atoms with van der Waals surface area (Å²) in [4.78, 5) is 4.82. The van der Waals surface area contributed by atoms with Gasteiger partial charge >= 0.3 is 0 Å². The van der Waals surface area contributed by atoms with Crippen molar-refractivity contribution in [2.24, 2.45) is 5.73 Å². The predicted octanol–water partition coefficient (Wildman–Crippen LogP) is 9.56. The Kier molecular flexibility index (Phi) is 5.48. The minimum Gasteiger partial charge on any atom is -0.404 e. The number of para-hydroxylation sites is 2. The van der Waals surface area contributed by atoms with Crippen molar-refractivity contribution in [1.82, 2.24) is 14.1 Å². The van der Waals surface area contributed by atoms with E-state index in [-0.39, 0.29) is 5.41 Å². The van der Waals surface area contributed by atoms with E-state index in [1.54, 1.807) is 6.08 Å². The maximum absolute atomic E-state index is 8.65. The van der Waals surface area contributed by atoms with Crippen LogP contribution in [0.15, 0.2) is 134 Å². The van der Waals surface area contributed by atoms with Crippen LogP contribution in [0.3, 0.4) is 0 Å². The lowest BCUT2D eigenvalue weighted by molar-refractivity contribution is 0.659. The lowest BCUT2D eigenvalue weighted by Crippen LogP contribution is -2.15. The van der Waals surface area contributed by atoms with Gasteiger partial charge in [0.1, 0.15) is 5.84 Å². The summed E-state index contributed by atoms with van der Waals surface area (Å²) in [6.07, 6.45) is 4.94. The summed E-state index contributed by atoms with van der Waals surface area (Å²) in [5.41, 5.74) is 18.2. The second-order valence-electron chi connectivity index (χ2n) is 12.7. The molecule has 46 heavy (non-hydrogen) atoms. The first kappa shape index (κ1) is 26.5. The number of benzene rings is 5. The maximum Gasteiger partial charge on any atom is 0.131 e. The predicted molar refractivity (Wildman–Crippen MR) is 191 cm³/mol. The summed E-state index contributed by atoms with van der Waals surface area (Å²) >= 11 is 0. The molecule has 1 aliphatic rings. The largest absolute Gasteiger partial charge is 0.404 e. The molecule has 3 heterocycles. The first-order valence-electron chi connectivity index (χ1n) is 15.6. The van der Waals surface area contributed by atoms with Crippen LogP contribution in [0, 0.1) is 5.41 Å². The van der Waals surface area contributed by atoms with Gasteiger partial charge in [0.05, 0.1) is 27.8 Å². The second kappa shape index (κ2) is 9.53. The molecule has 1 aliphatic carbocycles. The van der Waals surface area contributed by atoms with Gasteiger partial charge in [-0.05, 0) is 89.1 Å². The van der Waals surface area contributed by atoms with Crippen molar-refractivity contribution in [2.75, 3.05) is 0 Å². The zero-order chi connectivity index (χ0) is 31.2. The fourth-order valence-corrected chi connectivity index (χ4v) is 7.69. The number of hydrogen-bond donors (Lipinski definition) is 2. The molecule has 0 amide bonds. The molecule has 8 aromatic rings. The van der Waals surface area contributed by atoms with Crippen LogP contribution in [0.25, 0.3) is 71.7 Å². The van der Waals surface area contributed by atoms with Gasteiger partial charge in [-0.25, -0.2) is 0 Å². The lowest BCUT2D eigenvalue weighted by atomic mass is 9.83. The number of rotatable bonds is 3. The Labute approximate surface area is 266 Å². The van der Waals surface area contributed by atoms with Crippen LogP contribution >= 0.6 is 0 Å². The van der Waals surface area contributed by atoms with Gasteiger partial charge < -0.3 is 10.3 Å². The fraction of sp³-hybridized carbons (Fsp3) is 0.0732. The average Bonchev–Trinajstić information content (AvgIpc) is 3.68. The van der Waals surface area contributed by atoms with Crippen molar-refractivity contribution >= 4 is 49.4 Å². The number of nitrogens with two attached hydrogens (primary N) is 1. The van der Waals surface area contributed by atoms with Crippen molar-refractivity contribution in [1.29, 1.82) is 5.41 Å². The third-order valence-electron chi connectivity index (χ3n) is 9.84. The van der Waals surface area contributed by atoms with Crippen LogP contribution in [0.4, 0.5) is 0 Å². The van der Waals surface area contributed by atoms with E-state index in [9.17, 15) is 0 Å². The standard InChI is InChI=1S/C41H31N5/c1-41(2)33-16-15-27(24-32(33)40-34(41)10-7-21-44-40)45-35-11-5-3-8-28(35)30-22-25(13-17-37(30)45)26-14-18-38-31(23-26)29-9-4-6-12-36(29)46(38)39(43)19-20-42/h3-24,43H,42H2,1-2H3/b20-19-,43-39?. The number of nitrogens with zero attached hydrogens (tertiary/aromatic N) is 3. The van der Waals surface area contributed by atoms with E-state index in [0.29, 0.717) is 5.84 Å². The molecular weight excluding hydrogens is 562 g/mol. The van der Waals surface area contributed by atoms with Crippen molar-refractivity contribution in [2.45, 2.75) is 19.3 Å². The molecule has 0 radical (unpaired) electrons. The van der Waals surface area contributed by atoms with E-state index in [0.717, 1.165) is 44.3 Å². The summed E-state index contributed by atoms with van der Waals surface area (Å²) in [5, 5.41) is 13.3. The number of fused-ring (bicyclic) bond motifs is 9. The highest BCUT2D eigenvalue weighted by Crippen LogP contribution is 2.48. The van der Waals surface area contributed by atoms with Gasteiger partial charge in [-0.3, -0.25) is 15.0 Å². The molecule has 9 rings (SSSR count). The van der Waals surface area contributed by atoms with E-state index in [1.807, 2.05) is 22.9 Å². The number of aromatic nitrogens is 3. The first-order valence-corrected chi connectivity index (χ1v) is 15.6. The van der Waals surface area contributed by atoms with Gasteiger partial charge in [-0.2, -0.15) is 0 Å². The quantitative estimate of drug-likeness (QED) is 0.158. The summed E-state index contributed by atoms with van der Waals surface area (Å²) in [5.74, 6) is 0.338. The van der Waals surface area contributed by atoms with Crippen molar-refractivity contribution < 1.29 is 0 Å². The van der Waals surface area contributed by atoms with E-state index < -0.39 is 0 Å². The molecule has 0 bridgehead atoms. The first-order chi connectivity index (χ1) is 22.5. The van der Waals surface area contributed by atoms with Crippen LogP contribution in [0.1, 0.15) is 25.0 Å². The molecule has 0 saturated carbocycles. The number of allylic oxidation sites excluding steroid dienone is 1. The van der Waals surface area contributed by atoms with Gasteiger partial charge in [0, 0.05) is 44.4 Å². The molecule has 5 heteroatoms. The van der Waals surface area contributed by atoms with Gasteiger partial charge in [-0.1, -0.05) is 74.5 Å². The van der Waals surface area contributed by atoms with Gasteiger partial charge in [0.2, 0.25) is 0 Å². The van der Waals surface area contributed by atoms with Gasteiger partial charge in [0.25, 0.3) is 0 Å². The molecule has 3 aromatic heterocycles. The van der Waals surface area contributed by atoms with Crippen molar-refractivity contribution in [3.8, 4) is 28.1 Å². The number of hydrogen-bond acceptors (Lipinski definition) is 3. The van der Waals surface area contributed by atoms with E-state index >= 15 is 0 Å². The number of pyridine rings is 1. The third-order valence-corrected chi connectivity index (χ3v) is 9.84. The molecule has 3 N–H and O–H groups in total. The molecule has 5 nitrogen and oxygen atoms in total. The molecule has 0 atom stereocenters. The average molecular weight is 594 g/mol. The van der Waals surface area contributed by atoms with Crippen molar-refractivity contribution in [3.63, 3.8) is 0 Å². The molecule has 0 unspecified atom stereocenters. The highest BCUT2D eigenvalue weighted by Gasteiger charge is 2.36. The molecule has 220 valence electrons. The molecular formula is C41H31N5. The van der Waals surface area contributed by atoms with Crippen molar-refractivity contribution in [3.05, 3.63) is 145 Å². The highest BCUT2D eigenvalue weighted by molar-refractivity contribution is 6.16. The Balaban J connectivity index is 1.23. The van der Waals surface area contributed by atoms with Gasteiger partial charge in [0.15, 0.2) is 0 Å². The van der Waals surface area contributed by atoms with Gasteiger partial charge in [-0.15, -0.1) is 0 Å². The van der Waals surface area contributed by atoms with Crippen LogP contribution < -0.4 is 5.73 Å². The molecule has 0 fully saturated rings. The third kappa shape index (κ3) is 3.57. The minimum absolute atomic E-state index is 0.0814. The Morgan fingerprint density at radius 1 is 0.674 bits per heavy atom. The summed E-state index contributed by atoms with van der Waals surface area (Å²) in [7, 11) is 0. The summed E-state index contributed by atoms with van der Waals surface area (Å²) in [6, 6.07) is 41.4. The zero-order valence-electron chi connectivity index (χ0n) is 25.6. The second-order valence-corrected chi connectivity index (χ2v) is 12.7. The maximum atomic E-state index is 8.65. The summed E-state index contributed by atoms with van der Waals surface area (Å²) < 4.78 is 4.34. The Bertz CT molecular complexity index is 2590. The fourth-order valence-electron chi connectivity index (χ4n) is 7.69. The van der Waals surface area contributed by atoms with E-state index in [2.05, 4.69) is 122 Å². The molecule has 0 spiro atoms. The smallest absolute Gasteiger partial charge is 0.131 e. The SMILES string of the molecule is CC1(C)c2ccc(-n3c4ccccc4c4cc(-c5ccc6c(c5)c5ccccc5n6C(=N)/C=C\N)ccc43)cc2-c2ncccc21. The van der Waals surface area contributed by atoms with E-state index in [4.69, 9.17) is 16.1 Å². The van der Waals surface area contributed by atoms with Crippen LogP contribution in [-0.4, -0.2) is 20.0 Å². The lowest BCUT2D eigenvalue weighted by Gasteiger charge is -2.21. The van der Waals surface area contributed by atoms with Crippen LogP contribution in [-0.2, 0) is 5.41 Å². The zero-order valence-corrected chi connectivity index (χ0v) is 25.6. The Morgan fingerprint density at radius 2 is 1.30 bits per heavy atom. The normalized spacial score (nSPS) is 13.7. The topological polar surface area (TPSA) is 72.6 Å².